The molecule has 1 saturated heterocycles. The maximum Gasteiger partial charge on any atom is 0.141 e. The minimum atomic E-state index is 0.0177. The number of nitrogens with zero attached hydrogens (tertiary/aromatic N) is 2. The molecule has 1 saturated carbocycles. The van der Waals surface area contributed by atoms with Crippen LogP contribution in [0.4, 0.5) is 5.69 Å². The Balaban J connectivity index is 1.81. The molecule has 1 aromatic heterocycles. The van der Waals surface area contributed by atoms with E-state index in [2.05, 4.69) is 9.88 Å². The van der Waals surface area contributed by atoms with Crippen molar-refractivity contribution in [3.05, 3.63) is 24.0 Å². The SMILES string of the molecule is N=C(N)c1ccc(N2CCOC3CCCCC32)cn1. The van der Waals surface area contributed by atoms with Crippen molar-refractivity contribution in [1.82, 2.24) is 4.98 Å². The number of aromatic nitrogens is 1. The Bertz CT molecular complexity index is 457. The number of hydrogen-bond acceptors (Lipinski definition) is 4. The summed E-state index contributed by atoms with van der Waals surface area (Å²) in [5.74, 6) is 0.0177. The third-order valence-corrected chi connectivity index (χ3v) is 4.09. The van der Waals surface area contributed by atoms with E-state index < -0.39 is 0 Å². The lowest BCUT2D eigenvalue weighted by Gasteiger charge is -2.45. The molecule has 1 aromatic rings. The van der Waals surface area contributed by atoms with Gasteiger partial charge < -0.3 is 15.4 Å². The molecule has 0 aromatic carbocycles. The standard InChI is InChI=1S/C14H20N4O/c15-14(16)11-6-5-10(9-17-11)18-7-8-19-13-4-2-1-3-12(13)18/h5-6,9,12-13H,1-4,7-8H2,(H3,15,16). The van der Waals surface area contributed by atoms with Crippen molar-refractivity contribution in [2.75, 3.05) is 18.1 Å². The monoisotopic (exact) mass is 260 g/mol. The predicted molar refractivity (Wildman–Crippen MR) is 74.6 cm³/mol. The molecule has 0 radical (unpaired) electrons. The van der Waals surface area contributed by atoms with E-state index in [1.165, 1.54) is 25.7 Å². The van der Waals surface area contributed by atoms with E-state index in [9.17, 15) is 0 Å². The Kier molecular flexibility index (Phi) is 3.38. The largest absolute Gasteiger partial charge is 0.382 e. The Morgan fingerprint density at radius 3 is 2.95 bits per heavy atom. The van der Waals surface area contributed by atoms with Gasteiger partial charge in [0.05, 0.1) is 30.6 Å². The summed E-state index contributed by atoms with van der Waals surface area (Å²) in [5, 5.41) is 7.38. The summed E-state index contributed by atoms with van der Waals surface area (Å²) in [6.45, 7) is 1.71. The average Bonchev–Trinajstić information content (AvgIpc) is 2.47. The van der Waals surface area contributed by atoms with Crippen LogP contribution in [0.5, 0.6) is 0 Å². The van der Waals surface area contributed by atoms with Crippen molar-refractivity contribution in [2.45, 2.75) is 37.8 Å². The first-order chi connectivity index (χ1) is 9.25. The second-order valence-corrected chi connectivity index (χ2v) is 5.27. The number of fused-ring (bicyclic) bond motifs is 1. The van der Waals surface area contributed by atoms with E-state index in [0.29, 0.717) is 17.8 Å². The Labute approximate surface area is 113 Å². The lowest BCUT2D eigenvalue weighted by molar-refractivity contribution is -0.00869. The Morgan fingerprint density at radius 1 is 1.37 bits per heavy atom. The fourth-order valence-electron chi connectivity index (χ4n) is 3.13. The molecule has 2 heterocycles. The Morgan fingerprint density at radius 2 is 2.21 bits per heavy atom. The van der Waals surface area contributed by atoms with Gasteiger partial charge in [0.2, 0.25) is 0 Å². The number of ether oxygens (including phenoxy) is 1. The minimum absolute atomic E-state index is 0.0177. The fourth-order valence-corrected chi connectivity index (χ4v) is 3.13. The molecule has 19 heavy (non-hydrogen) atoms. The third kappa shape index (κ3) is 2.42. The molecule has 3 rings (SSSR count). The van der Waals surface area contributed by atoms with Crippen LogP contribution < -0.4 is 10.6 Å². The zero-order valence-electron chi connectivity index (χ0n) is 11.0. The topological polar surface area (TPSA) is 75.2 Å². The van der Waals surface area contributed by atoms with E-state index in [1.54, 1.807) is 0 Å². The maximum absolute atomic E-state index is 7.38. The first-order valence-electron chi connectivity index (χ1n) is 6.94. The number of nitrogen functional groups attached to an aromatic ring is 1. The third-order valence-electron chi connectivity index (χ3n) is 4.09. The van der Waals surface area contributed by atoms with Crippen LogP contribution in [0.15, 0.2) is 18.3 Å². The van der Waals surface area contributed by atoms with Gasteiger partial charge in [0.1, 0.15) is 11.5 Å². The smallest absolute Gasteiger partial charge is 0.141 e. The highest BCUT2D eigenvalue weighted by atomic mass is 16.5. The molecule has 3 N–H and O–H groups in total. The molecule has 0 bridgehead atoms. The lowest BCUT2D eigenvalue weighted by atomic mass is 9.90. The number of nitrogens with two attached hydrogens (primary N) is 1. The quantitative estimate of drug-likeness (QED) is 0.624. The number of pyridine rings is 1. The van der Waals surface area contributed by atoms with Gasteiger partial charge in [-0.25, -0.2) is 0 Å². The van der Waals surface area contributed by atoms with Crippen LogP contribution in [0.2, 0.25) is 0 Å². The number of anilines is 1. The van der Waals surface area contributed by atoms with Crippen molar-refractivity contribution < 1.29 is 4.74 Å². The summed E-state index contributed by atoms with van der Waals surface area (Å²) in [5.41, 5.74) is 7.09. The zero-order valence-corrected chi connectivity index (χ0v) is 11.0. The van der Waals surface area contributed by atoms with Crippen molar-refractivity contribution in [3.63, 3.8) is 0 Å². The van der Waals surface area contributed by atoms with Crippen LogP contribution in [0.25, 0.3) is 0 Å². The molecule has 5 heteroatoms. The molecular formula is C14H20N4O. The van der Waals surface area contributed by atoms with Gasteiger partial charge in [-0.2, -0.15) is 0 Å². The predicted octanol–water partition coefficient (Wildman–Crippen LogP) is 1.51. The summed E-state index contributed by atoms with van der Waals surface area (Å²) in [7, 11) is 0. The molecule has 2 atom stereocenters. The van der Waals surface area contributed by atoms with Gasteiger partial charge in [-0.05, 0) is 25.0 Å². The number of rotatable bonds is 2. The highest BCUT2D eigenvalue weighted by molar-refractivity contribution is 5.93. The fraction of sp³-hybridized carbons (Fsp3) is 0.571. The van der Waals surface area contributed by atoms with E-state index in [4.69, 9.17) is 15.9 Å². The molecule has 0 amide bonds. The van der Waals surface area contributed by atoms with Crippen molar-refractivity contribution >= 4 is 11.5 Å². The molecule has 2 unspecified atom stereocenters. The molecule has 1 aliphatic carbocycles. The highest BCUT2D eigenvalue weighted by Crippen LogP contribution is 2.31. The van der Waals surface area contributed by atoms with E-state index in [1.807, 2.05) is 18.3 Å². The van der Waals surface area contributed by atoms with Crippen LogP contribution >= 0.6 is 0 Å². The number of hydrogen-bond donors (Lipinski definition) is 2. The highest BCUT2D eigenvalue weighted by Gasteiger charge is 2.34. The summed E-state index contributed by atoms with van der Waals surface area (Å²) in [4.78, 5) is 6.67. The molecule has 1 aliphatic heterocycles. The molecular weight excluding hydrogens is 240 g/mol. The summed E-state index contributed by atoms with van der Waals surface area (Å²) < 4.78 is 5.88. The second-order valence-electron chi connectivity index (χ2n) is 5.27. The summed E-state index contributed by atoms with van der Waals surface area (Å²) >= 11 is 0. The van der Waals surface area contributed by atoms with Crippen LogP contribution in [-0.4, -0.2) is 36.1 Å². The Hall–Kier alpha value is -1.62. The second kappa shape index (κ2) is 5.17. The normalized spacial score (nSPS) is 26.8. The van der Waals surface area contributed by atoms with Gasteiger partial charge in [-0.1, -0.05) is 12.8 Å². The van der Waals surface area contributed by atoms with Gasteiger partial charge in [0.15, 0.2) is 0 Å². The lowest BCUT2D eigenvalue weighted by Crippen LogP contribution is -2.52. The number of amidine groups is 1. The molecule has 2 fully saturated rings. The molecule has 102 valence electrons. The van der Waals surface area contributed by atoms with Gasteiger partial charge >= 0.3 is 0 Å². The minimum Gasteiger partial charge on any atom is -0.382 e. The first kappa shape index (κ1) is 12.4. The molecule has 5 nitrogen and oxygen atoms in total. The van der Waals surface area contributed by atoms with Crippen LogP contribution in [0.1, 0.15) is 31.4 Å². The van der Waals surface area contributed by atoms with Gasteiger partial charge in [0, 0.05) is 6.54 Å². The van der Waals surface area contributed by atoms with Crippen LogP contribution in [0, 0.1) is 5.41 Å². The number of morpholine rings is 1. The van der Waals surface area contributed by atoms with Crippen molar-refractivity contribution in [1.29, 1.82) is 5.41 Å². The van der Waals surface area contributed by atoms with E-state index in [-0.39, 0.29) is 5.84 Å². The molecule has 2 aliphatic rings. The molecule has 0 spiro atoms. The summed E-state index contributed by atoms with van der Waals surface area (Å²) in [6.07, 6.45) is 7.11. The van der Waals surface area contributed by atoms with Gasteiger partial charge in [-0.3, -0.25) is 10.4 Å². The van der Waals surface area contributed by atoms with Crippen LogP contribution in [0.3, 0.4) is 0 Å². The van der Waals surface area contributed by atoms with E-state index in [0.717, 1.165) is 18.8 Å². The van der Waals surface area contributed by atoms with Gasteiger partial charge in [-0.15, -0.1) is 0 Å². The average molecular weight is 260 g/mol. The van der Waals surface area contributed by atoms with E-state index >= 15 is 0 Å². The van der Waals surface area contributed by atoms with Crippen LogP contribution in [-0.2, 0) is 4.74 Å². The summed E-state index contributed by atoms with van der Waals surface area (Å²) in [6, 6.07) is 4.32. The van der Waals surface area contributed by atoms with Crippen molar-refractivity contribution in [2.24, 2.45) is 5.73 Å². The van der Waals surface area contributed by atoms with Crippen molar-refractivity contribution in [3.8, 4) is 0 Å². The van der Waals surface area contributed by atoms with Gasteiger partial charge in [0.25, 0.3) is 0 Å². The maximum atomic E-state index is 7.38. The first-order valence-corrected chi connectivity index (χ1v) is 6.94. The zero-order chi connectivity index (χ0) is 13.2. The number of nitrogens with one attached hydrogen (secondary N) is 1.